The minimum Gasteiger partial charge on any atom is -0.467 e. The summed E-state index contributed by atoms with van der Waals surface area (Å²) in [7, 11) is 1.41. The van der Waals surface area contributed by atoms with E-state index in [2.05, 4.69) is 27.2 Å². The predicted molar refractivity (Wildman–Crippen MR) is 137 cm³/mol. The Morgan fingerprint density at radius 3 is 2.47 bits per heavy atom. The van der Waals surface area contributed by atoms with Gasteiger partial charge < -0.3 is 19.5 Å². The van der Waals surface area contributed by atoms with Gasteiger partial charge in [0.05, 0.1) is 19.2 Å². The first-order chi connectivity index (χ1) is 17.5. The van der Waals surface area contributed by atoms with Gasteiger partial charge in [-0.3, -0.25) is 9.80 Å². The zero-order valence-corrected chi connectivity index (χ0v) is 21.1. The minimum atomic E-state index is -0.485. The summed E-state index contributed by atoms with van der Waals surface area (Å²) in [5.74, 6) is 2.81. The van der Waals surface area contributed by atoms with Crippen LogP contribution in [-0.4, -0.2) is 71.9 Å². The molecule has 0 saturated carbocycles. The van der Waals surface area contributed by atoms with Crippen molar-refractivity contribution in [2.45, 2.75) is 33.0 Å². The first-order valence-electron chi connectivity index (χ1n) is 12.4. The van der Waals surface area contributed by atoms with E-state index in [-0.39, 0.29) is 11.9 Å². The maximum atomic E-state index is 12.4. The second-order valence-electron chi connectivity index (χ2n) is 9.63. The van der Waals surface area contributed by atoms with Crippen molar-refractivity contribution in [3.63, 3.8) is 0 Å². The highest BCUT2D eigenvalue weighted by Gasteiger charge is 2.25. The molecule has 3 aromatic rings. The Morgan fingerprint density at radius 1 is 1.00 bits per heavy atom. The fraction of sp³-hybridized carbons (Fsp3) is 0.444. The first-order valence-corrected chi connectivity index (χ1v) is 12.4. The summed E-state index contributed by atoms with van der Waals surface area (Å²) in [6.45, 7) is 9.60. The topological polar surface area (TPSA) is 89.1 Å². The molecule has 0 bridgehead atoms. The van der Waals surface area contributed by atoms with Crippen molar-refractivity contribution in [3.8, 4) is 11.5 Å². The molecule has 2 aliphatic rings. The number of methoxy groups -OCH3 is 1. The number of ether oxygens (including phenoxy) is 3. The Hall–Kier alpha value is -3.43. The molecule has 0 unspecified atom stereocenters. The molecule has 1 N–H and O–H groups in total. The quantitative estimate of drug-likeness (QED) is 0.477. The Labute approximate surface area is 211 Å². The lowest BCUT2D eigenvalue weighted by molar-refractivity contribution is -0.142. The number of para-hydroxylation sites is 1. The molecule has 1 aromatic heterocycles. The molecule has 190 valence electrons. The molecule has 9 nitrogen and oxygen atoms in total. The SMILES string of the molecule is COC(=O)[C@@H](Nc1nc(CN2CCN(Cc3ccc4c(c3)OCO4)CC2)nc2ccccc12)C(C)C. The molecule has 0 radical (unpaired) electrons. The monoisotopic (exact) mass is 491 g/mol. The lowest BCUT2D eigenvalue weighted by Crippen LogP contribution is -2.45. The van der Waals surface area contributed by atoms with Crippen LogP contribution in [0.15, 0.2) is 42.5 Å². The zero-order chi connectivity index (χ0) is 25.1. The van der Waals surface area contributed by atoms with E-state index in [1.54, 1.807) is 0 Å². The van der Waals surface area contributed by atoms with Crippen LogP contribution in [0.25, 0.3) is 10.9 Å². The molecular weight excluding hydrogens is 458 g/mol. The number of nitrogens with zero attached hydrogens (tertiary/aromatic N) is 4. The molecule has 9 heteroatoms. The summed E-state index contributed by atoms with van der Waals surface area (Å²) in [5, 5.41) is 4.22. The van der Waals surface area contributed by atoms with Crippen molar-refractivity contribution >= 4 is 22.7 Å². The molecule has 2 aliphatic heterocycles. The number of nitrogens with one attached hydrogen (secondary N) is 1. The van der Waals surface area contributed by atoms with Gasteiger partial charge in [0.2, 0.25) is 6.79 Å². The Kier molecular flexibility index (Phi) is 7.20. The molecular formula is C27H33N5O4. The maximum absolute atomic E-state index is 12.4. The highest BCUT2D eigenvalue weighted by Crippen LogP contribution is 2.33. The van der Waals surface area contributed by atoms with Crippen molar-refractivity contribution in [1.29, 1.82) is 0 Å². The average molecular weight is 492 g/mol. The number of aromatic nitrogens is 2. The molecule has 0 amide bonds. The number of hydrogen-bond donors (Lipinski definition) is 1. The van der Waals surface area contributed by atoms with Crippen LogP contribution in [-0.2, 0) is 22.6 Å². The van der Waals surface area contributed by atoms with Gasteiger partial charge in [0.1, 0.15) is 17.7 Å². The van der Waals surface area contributed by atoms with Crippen LogP contribution in [0.4, 0.5) is 5.82 Å². The number of carbonyl (C=O) groups is 1. The summed E-state index contributed by atoms with van der Waals surface area (Å²) >= 11 is 0. The number of benzene rings is 2. The van der Waals surface area contributed by atoms with Gasteiger partial charge in [0.25, 0.3) is 0 Å². The van der Waals surface area contributed by atoms with Gasteiger partial charge in [-0.05, 0) is 35.7 Å². The maximum Gasteiger partial charge on any atom is 0.328 e. The normalized spacial score (nSPS) is 16.9. The smallest absolute Gasteiger partial charge is 0.328 e. The molecule has 1 atom stereocenters. The van der Waals surface area contributed by atoms with Crippen LogP contribution in [0.5, 0.6) is 11.5 Å². The molecule has 1 fully saturated rings. The van der Waals surface area contributed by atoms with E-state index in [1.807, 2.05) is 44.2 Å². The van der Waals surface area contributed by atoms with Gasteiger partial charge in [-0.15, -0.1) is 0 Å². The summed E-state index contributed by atoms with van der Waals surface area (Å²) < 4.78 is 15.9. The Balaban J connectivity index is 1.25. The third-order valence-electron chi connectivity index (χ3n) is 6.74. The third kappa shape index (κ3) is 5.37. The number of carbonyl (C=O) groups excluding carboxylic acids is 1. The zero-order valence-electron chi connectivity index (χ0n) is 21.1. The van der Waals surface area contributed by atoms with Gasteiger partial charge in [-0.1, -0.05) is 32.0 Å². The van der Waals surface area contributed by atoms with Gasteiger partial charge in [0, 0.05) is 38.1 Å². The van der Waals surface area contributed by atoms with Crippen LogP contribution >= 0.6 is 0 Å². The summed E-state index contributed by atoms with van der Waals surface area (Å²) in [5.41, 5.74) is 2.09. The molecule has 5 rings (SSSR count). The summed E-state index contributed by atoms with van der Waals surface area (Å²) in [6, 6.07) is 13.6. The van der Waals surface area contributed by atoms with Gasteiger partial charge in [-0.2, -0.15) is 0 Å². The fourth-order valence-corrected chi connectivity index (χ4v) is 4.68. The highest BCUT2D eigenvalue weighted by atomic mass is 16.7. The average Bonchev–Trinajstić information content (AvgIpc) is 3.36. The third-order valence-corrected chi connectivity index (χ3v) is 6.74. The van der Waals surface area contributed by atoms with Crippen molar-refractivity contribution in [3.05, 3.63) is 53.9 Å². The van der Waals surface area contributed by atoms with E-state index in [0.29, 0.717) is 19.2 Å². The predicted octanol–water partition coefficient (Wildman–Crippen LogP) is 3.29. The van der Waals surface area contributed by atoms with Crippen molar-refractivity contribution in [2.75, 3.05) is 45.4 Å². The number of anilines is 1. The van der Waals surface area contributed by atoms with Crippen LogP contribution in [0.2, 0.25) is 0 Å². The fourth-order valence-electron chi connectivity index (χ4n) is 4.68. The van der Waals surface area contributed by atoms with Gasteiger partial charge in [-0.25, -0.2) is 14.8 Å². The molecule has 36 heavy (non-hydrogen) atoms. The number of rotatable bonds is 8. The van der Waals surface area contributed by atoms with Crippen molar-refractivity contribution in [1.82, 2.24) is 19.8 Å². The Bertz CT molecular complexity index is 1230. The molecule has 1 saturated heterocycles. The van der Waals surface area contributed by atoms with Crippen LogP contribution in [0.3, 0.4) is 0 Å². The van der Waals surface area contributed by atoms with E-state index in [4.69, 9.17) is 24.2 Å². The summed E-state index contributed by atoms with van der Waals surface area (Å²) in [6.07, 6.45) is 0. The Morgan fingerprint density at radius 2 is 1.72 bits per heavy atom. The number of hydrogen-bond acceptors (Lipinski definition) is 9. The highest BCUT2D eigenvalue weighted by molar-refractivity contribution is 5.91. The van der Waals surface area contributed by atoms with Gasteiger partial charge >= 0.3 is 5.97 Å². The van der Waals surface area contributed by atoms with E-state index < -0.39 is 6.04 Å². The minimum absolute atomic E-state index is 0.0486. The van der Waals surface area contributed by atoms with Crippen LogP contribution in [0, 0.1) is 5.92 Å². The van der Waals surface area contributed by atoms with Crippen LogP contribution < -0.4 is 14.8 Å². The number of piperazine rings is 1. The van der Waals surface area contributed by atoms with Gasteiger partial charge in [0.15, 0.2) is 11.5 Å². The van der Waals surface area contributed by atoms with Crippen molar-refractivity contribution < 1.29 is 19.0 Å². The number of esters is 1. The van der Waals surface area contributed by atoms with E-state index >= 15 is 0 Å². The second-order valence-corrected chi connectivity index (χ2v) is 9.63. The van der Waals surface area contributed by atoms with Crippen molar-refractivity contribution in [2.24, 2.45) is 5.92 Å². The number of fused-ring (bicyclic) bond motifs is 2. The summed E-state index contributed by atoms with van der Waals surface area (Å²) in [4.78, 5) is 26.9. The standard InChI is InChI=1S/C27H33N5O4/c1-18(2)25(27(33)34-3)30-26-20-6-4-5-7-21(20)28-24(29-26)16-32-12-10-31(11-13-32)15-19-8-9-22-23(14-19)36-17-35-22/h4-9,14,18,25H,10-13,15-17H2,1-3H3,(H,28,29,30)/t25-/m0/s1. The first kappa shape index (κ1) is 24.3. The molecule has 0 aliphatic carbocycles. The molecule has 3 heterocycles. The lowest BCUT2D eigenvalue weighted by atomic mass is 10.0. The van der Waals surface area contributed by atoms with E-state index in [0.717, 1.165) is 61.0 Å². The molecule has 2 aromatic carbocycles. The van der Waals surface area contributed by atoms with Crippen LogP contribution in [0.1, 0.15) is 25.2 Å². The largest absolute Gasteiger partial charge is 0.467 e. The van der Waals surface area contributed by atoms with E-state index in [1.165, 1.54) is 12.7 Å². The lowest BCUT2D eigenvalue weighted by Gasteiger charge is -2.34. The molecule has 0 spiro atoms. The second kappa shape index (κ2) is 10.7. The van der Waals surface area contributed by atoms with E-state index in [9.17, 15) is 4.79 Å².